The molecule has 0 amide bonds. The zero-order valence-electron chi connectivity index (χ0n) is 16.8. The molecule has 0 atom stereocenters. The summed E-state index contributed by atoms with van der Waals surface area (Å²) < 4.78 is 13.7. The topological polar surface area (TPSA) is 32.3 Å². The number of aromatic nitrogens is 2. The fourth-order valence-corrected chi connectivity index (χ4v) is 5.25. The largest absolute Gasteiger partial charge is 0.355 e. The zero-order chi connectivity index (χ0) is 19.8. The molecule has 2 aliphatic heterocycles. The predicted octanol–water partition coefficient (Wildman–Crippen LogP) is 5.17. The van der Waals surface area contributed by atoms with E-state index in [1.807, 2.05) is 12.1 Å². The number of hydrogen-bond acceptors (Lipinski definition) is 4. The highest BCUT2D eigenvalue weighted by Gasteiger charge is 2.39. The molecule has 1 spiro atoms. The van der Waals surface area contributed by atoms with Gasteiger partial charge in [0.25, 0.3) is 0 Å². The number of rotatable bonds is 3. The Morgan fingerprint density at radius 1 is 0.931 bits per heavy atom. The number of piperidine rings is 2. The monoisotopic (exact) mass is 414 g/mol. The molecule has 154 valence electrons. The summed E-state index contributed by atoms with van der Waals surface area (Å²) in [6.45, 7) is 4.67. The number of benzene rings is 1. The smallest absolute Gasteiger partial charge is 0.151 e. The molecule has 0 radical (unpaired) electrons. The van der Waals surface area contributed by atoms with Crippen LogP contribution in [0.5, 0.6) is 0 Å². The molecule has 3 heterocycles. The average Bonchev–Trinajstić information content (AvgIpc) is 2.71. The van der Waals surface area contributed by atoms with Gasteiger partial charge in [0.2, 0.25) is 0 Å². The van der Waals surface area contributed by atoms with Crippen molar-refractivity contribution in [3.63, 3.8) is 0 Å². The molecule has 1 saturated carbocycles. The molecule has 4 nitrogen and oxygen atoms in total. The Morgan fingerprint density at radius 2 is 1.66 bits per heavy atom. The molecule has 5 rings (SSSR count). The van der Waals surface area contributed by atoms with Crippen molar-refractivity contribution in [2.45, 2.75) is 51.0 Å². The average molecular weight is 415 g/mol. The molecule has 2 aromatic rings. The van der Waals surface area contributed by atoms with Crippen LogP contribution in [-0.2, 0) is 0 Å². The fourth-order valence-electron chi connectivity index (χ4n) is 5.13. The molecular weight excluding hydrogens is 387 g/mol. The maximum atomic E-state index is 13.7. The van der Waals surface area contributed by atoms with Crippen molar-refractivity contribution in [3.8, 4) is 11.3 Å². The standard InChI is InChI=1S/C23H28ClFN4/c24-19-5-4-17(16-20(19)25)21-6-7-22(27-26-21)29-14-10-23(11-15-29)8-12-28(13-9-23)18-2-1-3-18/h4-7,16,18H,1-3,8-15H2. The van der Waals surface area contributed by atoms with E-state index in [0.717, 1.165) is 24.9 Å². The Balaban J connectivity index is 1.19. The highest BCUT2D eigenvalue weighted by Crippen LogP contribution is 2.43. The van der Waals surface area contributed by atoms with E-state index in [4.69, 9.17) is 11.6 Å². The predicted molar refractivity (Wildman–Crippen MR) is 115 cm³/mol. The molecule has 1 aromatic carbocycles. The summed E-state index contributed by atoms with van der Waals surface area (Å²) in [5, 5.41) is 8.89. The first kappa shape index (κ1) is 19.3. The summed E-state index contributed by atoms with van der Waals surface area (Å²) >= 11 is 5.77. The van der Waals surface area contributed by atoms with E-state index in [0.29, 0.717) is 16.7 Å². The minimum Gasteiger partial charge on any atom is -0.355 e. The summed E-state index contributed by atoms with van der Waals surface area (Å²) in [5.41, 5.74) is 1.90. The number of halogens is 2. The summed E-state index contributed by atoms with van der Waals surface area (Å²) in [4.78, 5) is 5.09. The van der Waals surface area contributed by atoms with E-state index < -0.39 is 5.82 Å². The van der Waals surface area contributed by atoms with Crippen LogP contribution in [0.4, 0.5) is 10.2 Å². The van der Waals surface area contributed by atoms with Gasteiger partial charge in [-0.1, -0.05) is 24.1 Å². The lowest BCUT2D eigenvalue weighted by Gasteiger charge is -2.50. The second kappa shape index (κ2) is 7.84. The van der Waals surface area contributed by atoms with Gasteiger partial charge in [-0.15, -0.1) is 10.2 Å². The third-order valence-corrected chi connectivity index (χ3v) is 7.77. The third kappa shape index (κ3) is 3.87. The molecule has 0 bridgehead atoms. The van der Waals surface area contributed by atoms with Gasteiger partial charge in [-0.2, -0.15) is 0 Å². The van der Waals surface area contributed by atoms with Crippen LogP contribution in [0.25, 0.3) is 11.3 Å². The van der Waals surface area contributed by atoms with Crippen LogP contribution >= 0.6 is 11.6 Å². The van der Waals surface area contributed by atoms with Crippen molar-refractivity contribution in [1.82, 2.24) is 15.1 Å². The molecule has 3 fully saturated rings. The Kier molecular flexibility index (Phi) is 5.21. The van der Waals surface area contributed by atoms with Gasteiger partial charge in [-0.3, -0.25) is 0 Å². The summed E-state index contributed by atoms with van der Waals surface area (Å²) in [5.74, 6) is 0.490. The number of likely N-dealkylation sites (tertiary alicyclic amines) is 1. The van der Waals surface area contributed by atoms with Gasteiger partial charge in [0.05, 0.1) is 10.7 Å². The Bertz CT molecular complexity index is 850. The number of hydrogen-bond donors (Lipinski definition) is 0. The Hall–Kier alpha value is -1.72. The lowest BCUT2D eigenvalue weighted by atomic mass is 9.70. The third-order valence-electron chi connectivity index (χ3n) is 7.46. The van der Waals surface area contributed by atoms with Gasteiger partial charge in [-0.05, 0) is 81.3 Å². The summed E-state index contributed by atoms with van der Waals surface area (Å²) in [6.07, 6.45) is 9.45. The van der Waals surface area contributed by atoms with Gasteiger partial charge in [-0.25, -0.2) is 4.39 Å². The molecule has 2 saturated heterocycles. The van der Waals surface area contributed by atoms with Crippen LogP contribution in [0.15, 0.2) is 30.3 Å². The van der Waals surface area contributed by atoms with Crippen LogP contribution in [0.1, 0.15) is 44.9 Å². The van der Waals surface area contributed by atoms with Crippen molar-refractivity contribution < 1.29 is 4.39 Å². The normalized spacial score (nSPS) is 22.6. The Morgan fingerprint density at radius 3 is 2.24 bits per heavy atom. The second-order valence-electron chi connectivity index (χ2n) is 9.01. The Labute approximate surface area is 177 Å². The van der Waals surface area contributed by atoms with Crippen molar-refractivity contribution in [2.24, 2.45) is 5.41 Å². The van der Waals surface area contributed by atoms with Crippen molar-refractivity contribution >= 4 is 17.4 Å². The van der Waals surface area contributed by atoms with Crippen LogP contribution in [-0.4, -0.2) is 47.3 Å². The van der Waals surface area contributed by atoms with E-state index in [1.54, 1.807) is 12.1 Å². The van der Waals surface area contributed by atoms with E-state index in [-0.39, 0.29) is 5.02 Å². The SMILES string of the molecule is Fc1cc(-c2ccc(N3CCC4(CC3)CCN(C3CCC3)CC4)nn2)ccc1Cl. The van der Waals surface area contributed by atoms with Crippen LogP contribution < -0.4 is 4.90 Å². The van der Waals surface area contributed by atoms with Crippen molar-refractivity contribution in [3.05, 3.63) is 41.2 Å². The van der Waals surface area contributed by atoms with Crippen molar-refractivity contribution in [1.29, 1.82) is 0 Å². The number of nitrogens with zero attached hydrogens (tertiary/aromatic N) is 4. The maximum Gasteiger partial charge on any atom is 0.151 e. The van der Waals surface area contributed by atoms with E-state index in [1.165, 1.54) is 64.1 Å². The first-order valence-corrected chi connectivity index (χ1v) is 11.3. The zero-order valence-corrected chi connectivity index (χ0v) is 17.5. The molecule has 29 heavy (non-hydrogen) atoms. The molecular formula is C23H28ClFN4. The summed E-state index contributed by atoms with van der Waals surface area (Å²) in [6, 6.07) is 9.55. The molecule has 6 heteroatoms. The van der Waals surface area contributed by atoms with Gasteiger partial charge >= 0.3 is 0 Å². The lowest BCUT2D eigenvalue weighted by Crippen LogP contribution is -2.51. The van der Waals surface area contributed by atoms with Gasteiger partial charge in [0.15, 0.2) is 5.82 Å². The van der Waals surface area contributed by atoms with Gasteiger partial charge < -0.3 is 9.80 Å². The fraction of sp³-hybridized carbons (Fsp3) is 0.565. The van der Waals surface area contributed by atoms with Crippen LogP contribution in [0, 0.1) is 11.2 Å². The molecule has 0 unspecified atom stereocenters. The lowest BCUT2D eigenvalue weighted by molar-refractivity contribution is 0.0305. The molecule has 1 aromatic heterocycles. The van der Waals surface area contributed by atoms with Crippen molar-refractivity contribution in [2.75, 3.05) is 31.1 Å². The molecule has 0 N–H and O–H groups in total. The van der Waals surface area contributed by atoms with Crippen LogP contribution in [0.2, 0.25) is 5.02 Å². The maximum absolute atomic E-state index is 13.7. The second-order valence-corrected chi connectivity index (χ2v) is 9.42. The van der Waals surface area contributed by atoms with E-state index in [9.17, 15) is 4.39 Å². The quantitative estimate of drug-likeness (QED) is 0.693. The summed E-state index contributed by atoms with van der Waals surface area (Å²) in [7, 11) is 0. The highest BCUT2D eigenvalue weighted by atomic mass is 35.5. The highest BCUT2D eigenvalue weighted by molar-refractivity contribution is 6.30. The first-order valence-electron chi connectivity index (χ1n) is 10.9. The van der Waals surface area contributed by atoms with Gasteiger partial charge in [0, 0.05) is 24.7 Å². The van der Waals surface area contributed by atoms with Crippen LogP contribution in [0.3, 0.4) is 0 Å². The first-order chi connectivity index (χ1) is 14.1. The van der Waals surface area contributed by atoms with E-state index >= 15 is 0 Å². The minimum atomic E-state index is -0.431. The minimum absolute atomic E-state index is 0.124. The number of anilines is 1. The molecule has 3 aliphatic rings. The van der Waals surface area contributed by atoms with Gasteiger partial charge in [0.1, 0.15) is 5.82 Å². The van der Waals surface area contributed by atoms with E-state index in [2.05, 4.69) is 20.0 Å². The molecule has 1 aliphatic carbocycles.